The molecule has 0 spiro atoms. The average molecular weight is 463 g/mol. The standard InChI is InChI=1S/C14H11I2NO/c1-9-2-7-12(13(16)8-9)14(18)17-11-5-3-10(15)4-6-11/h2-8H,1H3,(H,17,18). The SMILES string of the molecule is Cc1ccc(C(=O)Nc2ccc(I)cc2)c(I)c1. The molecule has 4 heteroatoms. The van der Waals surface area contributed by atoms with Gasteiger partial charge in [-0.3, -0.25) is 4.79 Å². The molecule has 1 amide bonds. The first-order chi connectivity index (χ1) is 8.56. The van der Waals surface area contributed by atoms with Crippen LogP contribution in [0.1, 0.15) is 15.9 Å². The molecular formula is C14H11I2NO. The van der Waals surface area contributed by atoms with E-state index in [-0.39, 0.29) is 5.91 Å². The van der Waals surface area contributed by atoms with Crippen LogP contribution in [0.2, 0.25) is 0 Å². The molecule has 1 N–H and O–H groups in total. The zero-order chi connectivity index (χ0) is 13.1. The molecule has 18 heavy (non-hydrogen) atoms. The van der Waals surface area contributed by atoms with Crippen molar-refractivity contribution in [2.75, 3.05) is 5.32 Å². The zero-order valence-corrected chi connectivity index (χ0v) is 14.0. The van der Waals surface area contributed by atoms with Crippen LogP contribution in [0.25, 0.3) is 0 Å². The molecule has 2 aromatic carbocycles. The van der Waals surface area contributed by atoms with E-state index in [1.54, 1.807) is 0 Å². The molecule has 2 nitrogen and oxygen atoms in total. The topological polar surface area (TPSA) is 29.1 Å². The maximum absolute atomic E-state index is 12.1. The number of hydrogen-bond donors (Lipinski definition) is 1. The van der Waals surface area contributed by atoms with Gasteiger partial charge in [0, 0.05) is 12.8 Å². The minimum Gasteiger partial charge on any atom is -0.322 e. The minimum atomic E-state index is -0.0689. The van der Waals surface area contributed by atoms with Crippen LogP contribution < -0.4 is 5.32 Å². The van der Waals surface area contributed by atoms with Crippen molar-refractivity contribution in [3.05, 3.63) is 60.7 Å². The van der Waals surface area contributed by atoms with Crippen LogP contribution in [0.15, 0.2) is 42.5 Å². The lowest BCUT2D eigenvalue weighted by molar-refractivity contribution is 0.102. The number of carbonyl (C=O) groups is 1. The van der Waals surface area contributed by atoms with Crippen molar-refractivity contribution in [3.63, 3.8) is 0 Å². The molecule has 0 aliphatic carbocycles. The molecule has 2 aromatic rings. The highest BCUT2D eigenvalue weighted by Gasteiger charge is 2.09. The van der Waals surface area contributed by atoms with Crippen LogP contribution in [-0.4, -0.2) is 5.91 Å². The summed E-state index contributed by atoms with van der Waals surface area (Å²) in [6.45, 7) is 2.02. The number of nitrogens with one attached hydrogen (secondary N) is 1. The van der Waals surface area contributed by atoms with Crippen LogP contribution in [0.4, 0.5) is 5.69 Å². The summed E-state index contributed by atoms with van der Waals surface area (Å²) in [5.41, 5.74) is 2.68. The fourth-order valence-electron chi connectivity index (χ4n) is 1.54. The third-order valence-corrected chi connectivity index (χ3v) is 4.08. The molecule has 0 saturated heterocycles. The van der Waals surface area contributed by atoms with Crippen molar-refractivity contribution < 1.29 is 4.79 Å². The second-order valence-electron chi connectivity index (χ2n) is 3.94. The molecule has 0 atom stereocenters. The zero-order valence-electron chi connectivity index (χ0n) is 9.71. The average Bonchev–Trinajstić information content (AvgIpc) is 2.32. The van der Waals surface area contributed by atoms with Gasteiger partial charge in [0.15, 0.2) is 0 Å². The van der Waals surface area contributed by atoms with Crippen molar-refractivity contribution in [2.45, 2.75) is 6.92 Å². The van der Waals surface area contributed by atoms with Gasteiger partial charge in [-0.15, -0.1) is 0 Å². The van der Waals surface area contributed by atoms with Crippen molar-refractivity contribution in [2.24, 2.45) is 0 Å². The van der Waals surface area contributed by atoms with E-state index in [9.17, 15) is 4.79 Å². The molecule has 0 fully saturated rings. The second kappa shape index (κ2) is 6.01. The lowest BCUT2D eigenvalue weighted by Crippen LogP contribution is -2.13. The smallest absolute Gasteiger partial charge is 0.256 e. The first-order valence-electron chi connectivity index (χ1n) is 5.39. The molecule has 0 aromatic heterocycles. The molecule has 0 aliphatic heterocycles. The van der Waals surface area contributed by atoms with Crippen LogP contribution in [0.5, 0.6) is 0 Å². The third-order valence-electron chi connectivity index (χ3n) is 2.47. The molecule has 0 bridgehead atoms. The van der Waals surface area contributed by atoms with Crippen LogP contribution in [0.3, 0.4) is 0 Å². The highest BCUT2D eigenvalue weighted by molar-refractivity contribution is 14.1. The normalized spacial score (nSPS) is 10.2. The van der Waals surface area contributed by atoms with Crippen LogP contribution >= 0.6 is 45.2 Å². The second-order valence-corrected chi connectivity index (χ2v) is 6.35. The largest absolute Gasteiger partial charge is 0.322 e. The van der Waals surface area contributed by atoms with Gasteiger partial charge in [0.05, 0.1) is 5.56 Å². The summed E-state index contributed by atoms with van der Waals surface area (Å²) in [6, 6.07) is 13.6. The molecule has 92 valence electrons. The van der Waals surface area contributed by atoms with Gasteiger partial charge in [-0.25, -0.2) is 0 Å². The van der Waals surface area contributed by atoms with E-state index >= 15 is 0 Å². The predicted octanol–water partition coefficient (Wildman–Crippen LogP) is 4.46. The van der Waals surface area contributed by atoms with Crippen molar-refractivity contribution in [3.8, 4) is 0 Å². The molecule has 0 saturated carbocycles. The summed E-state index contributed by atoms with van der Waals surface area (Å²) in [7, 11) is 0. The maximum atomic E-state index is 12.1. The van der Waals surface area contributed by atoms with Crippen molar-refractivity contribution in [1.29, 1.82) is 0 Å². The summed E-state index contributed by atoms with van der Waals surface area (Å²) >= 11 is 4.42. The quantitative estimate of drug-likeness (QED) is 0.656. The summed E-state index contributed by atoms with van der Waals surface area (Å²) in [4.78, 5) is 12.1. The minimum absolute atomic E-state index is 0.0689. The van der Waals surface area contributed by atoms with E-state index in [4.69, 9.17) is 0 Å². The highest BCUT2D eigenvalue weighted by Crippen LogP contribution is 2.17. The summed E-state index contributed by atoms with van der Waals surface area (Å²) in [6.07, 6.45) is 0. The molecule has 2 rings (SSSR count). The van der Waals surface area contributed by atoms with E-state index in [2.05, 4.69) is 50.5 Å². The Bertz CT molecular complexity index is 579. The summed E-state index contributed by atoms with van der Waals surface area (Å²) in [5.74, 6) is -0.0689. The van der Waals surface area contributed by atoms with Gasteiger partial charge >= 0.3 is 0 Å². The van der Waals surface area contributed by atoms with E-state index in [0.717, 1.165) is 18.4 Å². The Morgan fingerprint density at radius 2 is 1.72 bits per heavy atom. The third kappa shape index (κ3) is 3.44. The van der Waals surface area contributed by atoms with Gasteiger partial charge in [-0.1, -0.05) is 11.6 Å². The summed E-state index contributed by atoms with van der Waals surface area (Å²) < 4.78 is 2.12. The fraction of sp³-hybridized carbons (Fsp3) is 0.0714. The molecule has 0 unspecified atom stereocenters. The Labute approximate surface area is 133 Å². The number of benzene rings is 2. The van der Waals surface area contributed by atoms with Gasteiger partial charge in [0.1, 0.15) is 0 Å². The van der Waals surface area contributed by atoms with Crippen molar-refractivity contribution in [1.82, 2.24) is 0 Å². The first-order valence-corrected chi connectivity index (χ1v) is 7.55. The molecule has 0 radical (unpaired) electrons. The lowest BCUT2D eigenvalue weighted by Gasteiger charge is -2.07. The van der Waals surface area contributed by atoms with Crippen LogP contribution in [0, 0.1) is 14.1 Å². The van der Waals surface area contributed by atoms with Gasteiger partial charge < -0.3 is 5.32 Å². The lowest BCUT2D eigenvalue weighted by atomic mass is 10.1. The van der Waals surface area contributed by atoms with Gasteiger partial charge in [-0.2, -0.15) is 0 Å². The number of anilines is 1. The predicted molar refractivity (Wildman–Crippen MR) is 91.0 cm³/mol. The number of rotatable bonds is 2. The molecular weight excluding hydrogens is 452 g/mol. The number of aryl methyl sites for hydroxylation is 1. The van der Waals surface area contributed by atoms with Crippen molar-refractivity contribution >= 4 is 56.8 Å². The molecule has 0 heterocycles. The first kappa shape index (κ1) is 13.8. The highest BCUT2D eigenvalue weighted by atomic mass is 127. The van der Waals surface area contributed by atoms with E-state index in [1.807, 2.05) is 49.4 Å². The Balaban J connectivity index is 2.19. The Kier molecular flexibility index (Phi) is 4.60. The maximum Gasteiger partial charge on any atom is 0.256 e. The number of halogens is 2. The summed E-state index contributed by atoms with van der Waals surface area (Å²) in [5, 5.41) is 2.90. The number of carbonyl (C=O) groups excluding carboxylic acids is 1. The van der Waals surface area contributed by atoms with E-state index in [1.165, 1.54) is 0 Å². The number of hydrogen-bond acceptors (Lipinski definition) is 1. The Morgan fingerprint density at radius 1 is 1.06 bits per heavy atom. The van der Waals surface area contributed by atoms with E-state index < -0.39 is 0 Å². The van der Waals surface area contributed by atoms with Gasteiger partial charge in [0.25, 0.3) is 5.91 Å². The van der Waals surface area contributed by atoms with E-state index in [0.29, 0.717) is 5.56 Å². The fourth-order valence-corrected chi connectivity index (χ4v) is 2.81. The van der Waals surface area contributed by atoms with Gasteiger partial charge in [0.2, 0.25) is 0 Å². The van der Waals surface area contributed by atoms with Crippen LogP contribution in [-0.2, 0) is 0 Å². The Hall–Kier alpha value is -0.630. The molecule has 0 aliphatic rings. The van der Waals surface area contributed by atoms with Gasteiger partial charge in [-0.05, 0) is 88.5 Å². The number of amides is 1. The Morgan fingerprint density at radius 3 is 2.33 bits per heavy atom. The monoisotopic (exact) mass is 463 g/mol.